The van der Waals surface area contributed by atoms with E-state index in [-0.39, 0.29) is 18.1 Å². The number of halogens is 5. The molecule has 0 saturated carbocycles. The van der Waals surface area contributed by atoms with E-state index in [4.69, 9.17) is 4.74 Å². The number of para-hydroxylation sites is 1. The van der Waals surface area contributed by atoms with Crippen LogP contribution >= 0.6 is 0 Å². The molecule has 0 N–H and O–H groups in total. The second kappa shape index (κ2) is 7.53. The summed E-state index contributed by atoms with van der Waals surface area (Å²) in [6.07, 6.45) is -3.90. The van der Waals surface area contributed by atoms with Crippen molar-refractivity contribution in [3.8, 4) is 5.88 Å². The van der Waals surface area contributed by atoms with Gasteiger partial charge in [0.15, 0.2) is 0 Å². The lowest BCUT2D eigenvalue weighted by Crippen LogP contribution is -2.26. The van der Waals surface area contributed by atoms with Gasteiger partial charge in [0, 0.05) is 25.2 Å². The lowest BCUT2D eigenvalue weighted by Gasteiger charge is -2.21. The van der Waals surface area contributed by atoms with Gasteiger partial charge in [-0.3, -0.25) is 0 Å². The maximum absolute atomic E-state index is 12.9. The summed E-state index contributed by atoms with van der Waals surface area (Å²) < 4.78 is 92.9. The van der Waals surface area contributed by atoms with Gasteiger partial charge in [-0.05, 0) is 18.2 Å². The van der Waals surface area contributed by atoms with Crippen LogP contribution in [0.5, 0.6) is 5.88 Å². The van der Waals surface area contributed by atoms with Crippen molar-refractivity contribution >= 4 is 15.5 Å². The molecule has 2 aromatic rings. The average Bonchev–Trinajstić information content (AvgIpc) is 3.09. The maximum atomic E-state index is 12.9. The quantitative estimate of drug-likeness (QED) is 0.687. The Morgan fingerprint density at radius 3 is 2.46 bits per heavy atom. The van der Waals surface area contributed by atoms with Crippen LogP contribution in [0.15, 0.2) is 47.5 Å². The second-order valence-corrected chi connectivity index (χ2v) is 8.02. The molecule has 0 aliphatic carbocycles. The molecule has 0 radical (unpaired) electrons. The lowest BCUT2D eigenvalue weighted by molar-refractivity contribution is -0.137. The van der Waals surface area contributed by atoms with Crippen molar-refractivity contribution in [1.29, 1.82) is 0 Å². The Bertz CT molecular complexity index is 933. The fourth-order valence-corrected chi connectivity index (χ4v) is 3.84. The molecular weight excluding hydrogens is 407 g/mol. The van der Waals surface area contributed by atoms with E-state index in [0.29, 0.717) is 19.2 Å². The maximum Gasteiger partial charge on any atom is 0.417 e. The zero-order valence-corrected chi connectivity index (χ0v) is 15.1. The number of anilines is 1. The van der Waals surface area contributed by atoms with E-state index in [2.05, 4.69) is 4.98 Å². The third-order valence-electron chi connectivity index (χ3n) is 4.24. The summed E-state index contributed by atoms with van der Waals surface area (Å²) in [4.78, 5) is 4.74. The highest BCUT2D eigenvalue weighted by atomic mass is 32.2. The number of rotatable bonds is 5. The number of alkyl halides is 5. The van der Waals surface area contributed by atoms with E-state index in [0.717, 1.165) is 18.2 Å². The van der Waals surface area contributed by atoms with Crippen LogP contribution < -0.4 is 9.64 Å². The highest BCUT2D eigenvalue weighted by Crippen LogP contribution is 2.33. The van der Waals surface area contributed by atoms with Crippen LogP contribution in [0, 0.1) is 0 Å². The second-order valence-electron chi connectivity index (χ2n) is 6.13. The molecule has 0 spiro atoms. The first-order valence-electron chi connectivity index (χ1n) is 8.15. The van der Waals surface area contributed by atoms with Gasteiger partial charge in [-0.1, -0.05) is 12.1 Å². The zero-order chi connectivity index (χ0) is 20.5. The minimum atomic E-state index is -4.77. The largest absolute Gasteiger partial charge is 0.472 e. The van der Waals surface area contributed by atoms with Crippen molar-refractivity contribution in [1.82, 2.24) is 4.98 Å². The Kier molecular flexibility index (Phi) is 5.46. The van der Waals surface area contributed by atoms with Crippen LogP contribution in [0.3, 0.4) is 0 Å². The minimum absolute atomic E-state index is 0.00617. The van der Waals surface area contributed by atoms with Gasteiger partial charge < -0.3 is 9.64 Å². The van der Waals surface area contributed by atoms with Crippen molar-refractivity contribution in [3.05, 3.63) is 48.2 Å². The van der Waals surface area contributed by atoms with Gasteiger partial charge >= 0.3 is 11.9 Å². The molecule has 1 unspecified atom stereocenters. The Morgan fingerprint density at radius 1 is 1.14 bits per heavy atom. The summed E-state index contributed by atoms with van der Waals surface area (Å²) in [6, 6.07) is 7.37. The minimum Gasteiger partial charge on any atom is -0.472 e. The summed E-state index contributed by atoms with van der Waals surface area (Å²) in [5.41, 5.74) is -0.770. The van der Waals surface area contributed by atoms with Gasteiger partial charge in [-0.25, -0.2) is 13.4 Å². The van der Waals surface area contributed by atoms with Gasteiger partial charge in [-0.2, -0.15) is 22.0 Å². The molecule has 1 aromatic carbocycles. The van der Waals surface area contributed by atoms with Crippen LogP contribution in [0.2, 0.25) is 0 Å². The highest BCUT2D eigenvalue weighted by Gasteiger charge is 2.34. The standard InChI is InChI=1S/C17H15F5N2O3S/c18-16(19)28(25,26)14-4-2-1-3-13(14)24-8-7-12(10-24)27-15-6-5-11(9-23-15)17(20,21)22/h1-6,9,12,16H,7-8,10H2. The number of sulfone groups is 1. The predicted octanol–water partition coefficient (Wildman–Crippen LogP) is 3.75. The van der Waals surface area contributed by atoms with Crippen LogP contribution in [0.4, 0.5) is 27.6 Å². The topological polar surface area (TPSA) is 59.5 Å². The normalized spacial score (nSPS) is 17.9. The molecule has 3 rings (SSSR count). The third kappa shape index (κ3) is 4.18. The van der Waals surface area contributed by atoms with Crippen molar-refractivity contribution in [2.75, 3.05) is 18.0 Å². The zero-order valence-electron chi connectivity index (χ0n) is 14.2. The molecular formula is C17H15F5N2O3S. The van der Waals surface area contributed by atoms with Gasteiger partial charge in [0.25, 0.3) is 0 Å². The SMILES string of the molecule is O=S(=O)(c1ccccc1N1CCC(Oc2ccc(C(F)(F)F)cn2)C1)C(F)F. The van der Waals surface area contributed by atoms with E-state index < -0.39 is 38.3 Å². The monoisotopic (exact) mass is 422 g/mol. The number of benzene rings is 1. The number of pyridine rings is 1. The van der Waals surface area contributed by atoms with Crippen LogP contribution in [-0.2, 0) is 16.0 Å². The first kappa shape index (κ1) is 20.3. The molecule has 1 saturated heterocycles. The van der Waals surface area contributed by atoms with Crippen LogP contribution in [0.1, 0.15) is 12.0 Å². The van der Waals surface area contributed by atoms with Crippen LogP contribution in [-0.4, -0.2) is 38.4 Å². The summed E-state index contributed by atoms with van der Waals surface area (Å²) in [5.74, 6) is -3.55. The molecule has 1 aromatic heterocycles. The predicted molar refractivity (Wildman–Crippen MR) is 90.1 cm³/mol. The third-order valence-corrected chi connectivity index (χ3v) is 5.67. The number of nitrogens with zero attached hydrogens (tertiary/aromatic N) is 2. The van der Waals surface area contributed by atoms with E-state index in [1.807, 2.05) is 0 Å². The molecule has 0 bridgehead atoms. The van der Waals surface area contributed by atoms with Gasteiger partial charge in [0.2, 0.25) is 15.7 Å². The van der Waals surface area contributed by atoms with Crippen molar-refractivity contribution in [3.63, 3.8) is 0 Å². The molecule has 1 atom stereocenters. The van der Waals surface area contributed by atoms with Crippen molar-refractivity contribution < 1.29 is 35.1 Å². The number of hydrogen-bond acceptors (Lipinski definition) is 5. The lowest BCUT2D eigenvalue weighted by atomic mass is 10.3. The van der Waals surface area contributed by atoms with E-state index in [9.17, 15) is 30.4 Å². The summed E-state index contributed by atoms with van der Waals surface area (Å²) >= 11 is 0. The Balaban J connectivity index is 1.73. The molecule has 2 heterocycles. The summed E-state index contributed by atoms with van der Waals surface area (Å²) in [7, 11) is -4.77. The first-order valence-corrected chi connectivity index (χ1v) is 9.69. The number of hydrogen-bond donors (Lipinski definition) is 0. The van der Waals surface area contributed by atoms with Crippen LogP contribution in [0.25, 0.3) is 0 Å². The Labute approximate surface area is 157 Å². The molecule has 11 heteroatoms. The van der Waals surface area contributed by atoms with E-state index >= 15 is 0 Å². The Hall–Kier alpha value is -2.43. The average molecular weight is 422 g/mol. The Morgan fingerprint density at radius 2 is 1.86 bits per heavy atom. The molecule has 5 nitrogen and oxygen atoms in total. The number of aromatic nitrogens is 1. The summed E-state index contributed by atoms with van der Waals surface area (Å²) in [5, 5.41) is 0. The molecule has 28 heavy (non-hydrogen) atoms. The van der Waals surface area contributed by atoms with Gasteiger partial charge in [-0.15, -0.1) is 0 Å². The van der Waals surface area contributed by atoms with Crippen molar-refractivity contribution in [2.24, 2.45) is 0 Å². The molecule has 0 amide bonds. The fourth-order valence-electron chi connectivity index (χ4n) is 2.89. The highest BCUT2D eigenvalue weighted by molar-refractivity contribution is 7.91. The smallest absolute Gasteiger partial charge is 0.417 e. The number of ether oxygens (including phenoxy) is 1. The van der Waals surface area contributed by atoms with Gasteiger partial charge in [0.05, 0.1) is 22.7 Å². The molecule has 152 valence electrons. The van der Waals surface area contributed by atoms with E-state index in [1.165, 1.54) is 18.2 Å². The van der Waals surface area contributed by atoms with E-state index in [1.54, 1.807) is 4.90 Å². The molecule has 1 aliphatic heterocycles. The van der Waals surface area contributed by atoms with Crippen molar-refractivity contribution in [2.45, 2.75) is 29.4 Å². The molecule has 1 fully saturated rings. The first-order chi connectivity index (χ1) is 13.1. The van der Waals surface area contributed by atoms with Gasteiger partial charge in [0.1, 0.15) is 6.10 Å². The molecule has 1 aliphatic rings. The fraction of sp³-hybridized carbons (Fsp3) is 0.353. The summed E-state index contributed by atoms with van der Waals surface area (Å²) in [6.45, 7) is 0.513.